The second-order valence-electron chi connectivity index (χ2n) is 9.42. The van der Waals surface area contributed by atoms with E-state index in [-0.39, 0.29) is 10.8 Å². The van der Waals surface area contributed by atoms with Gasteiger partial charge in [0.15, 0.2) is 0 Å². The molecule has 0 aliphatic heterocycles. The van der Waals surface area contributed by atoms with E-state index in [0.29, 0.717) is 16.2 Å². The van der Waals surface area contributed by atoms with Gasteiger partial charge in [0.2, 0.25) is 0 Å². The smallest absolute Gasteiger partial charge is 0.0384 e. The van der Waals surface area contributed by atoms with Gasteiger partial charge in [0.25, 0.3) is 0 Å². The van der Waals surface area contributed by atoms with Crippen molar-refractivity contribution < 1.29 is 0 Å². The number of hydrogen-bond donors (Lipinski definition) is 0. The molecule has 2 unspecified atom stereocenters. The zero-order chi connectivity index (χ0) is 16.9. The van der Waals surface area contributed by atoms with Crippen LogP contribution >= 0.6 is 23.2 Å². The maximum Gasteiger partial charge on any atom is 0.0384 e. The molecule has 0 radical (unpaired) electrons. The van der Waals surface area contributed by atoms with E-state index in [1.165, 1.54) is 19.3 Å². The van der Waals surface area contributed by atoms with Crippen LogP contribution in [-0.2, 0) is 0 Å². The third-order valence-electron chi connectivity index (χ3n) is 4.55. The Bertz CT molecular complexity index is 286. The van der Waals surface area contributed by atoms with Crippen LogP contribution < -0.4 is 0 Å². The predicted molar refractivity (Wildman–Crippen MR) is 99.7 cm³/mol. The molecule has 0 saturated heterocycles. The molecule has 21 heavy (non-hydrogen) atoms. The van der Waals surface area contributed by atoms with Crippen LogP contribution in [0.25, 0.3) is 0 Å². The topological polar surface area (TPSA) is 0 Å². The van der Waals surface area contributed by atoms with Crippen LogP contribution in [0.2, 0.25) is 0 Å². The highest BCUT2D eigenvalue weighted by molar-refractivity contribution is 6.21. The van der Waals surface area contributed by atoms with Crippen LogP contribution in [0.3, 0.4) is 0 Å². The summed E-state index contributed by atoms with van der Waals surface area (Å²) >= 11 is 12.8. The Morgan fingerprint density at radius 1 is 0.762 bits per heavy atom. The number of halogens is 2. The van der Waals surface area contributed by atoms with E-state index in [0.717, 1.165) is 19.3 Å². The molecule has 0 aromatic rings. The summed E-state index contributed by atoms with van der Waals surface area (Å²) in [5.41, 5.74) is 0.894. The minimum Gasteiger partial charge on any atom is -0.123 e. The van der Waals surface area contributed by atoms with Crippen molar-refractivity contribution in [2.75, 3.05) is 0 Å². The average molecular weight is 337 g/mol. The van der Waals surface area contributed by atoms with Gasteiger partial charge in [0, 0.05) is 10.8 Å². The average Bonchev–Trinajstić information content (AvgIpc) is 2.30. The van der Waals surface area contributed by atoms with E-state index in [4.69, 9.17) is 23.2 Å². The molecule has 2 heteroatoms. The quantitative estimate of drug-likeness (QED) is 0.379. The van der Waals surface area contributed by atoms with Crippen LogP contribution in [0.15, 0.2) is 0 Å². The van der Waals surface area contributed by atoms with Crippen LogP contribution in [-0.4, -0.2) is 10.8 Å². The molecule has 0 aromatic carbocycles. The van der Waals surface area contributed by atoms with E-state index >= 15 is 0 Å². The lowest BCUT2D eigenvalue weighted by atomic mass is 9.70. The van der Waals surface area contributed by atoms with Gasteiger partial charge in [0.1, 0.15) is 0 Å². The number of hydrogen-bond acceptors (Lipinski definition) is 0. The molecule has 0 bridgehead atoms. The van der Waals surface area contributed by atoms with Crippen molar-refractivity contribution in [3.63, 3.8) is 0 Å². The second-order valence-corrected chi connectivity index (χ2v) is 10.6. The van der Waals surface area contributed by atoms with Gasteiger partial charge in [-0.25, -0.2) is 0 Å². The third kappa shape index (κ3) is 10.1. The first-order valence-electron chi connectivity index (χ1n) is 8.57. The van der Waals surface area contributed by atoms with Crippen molar-refractivity contribution in [2.45, 2.75) is 105 Å². The molecular weight excluding hydrogens is 299 g/mol. The van der Waals surface area contributed by atoms with Gasteiger partial charge >= 0.3 is 0 Å². The van der Waals surface area contributed by atoms with Crippen LogP contribution in [0.5, 0.6) is 0 Å². The van der Waals surface area contributed by atoms with Gasteiger partial charge in [0.05, 0.1) is 0 Å². The molecule has 128 valence electrons. The van der Waals surface area contributed by atoms with Gasteiger partial charge in [-0.2, -0.15) is 0 Å². The summed E-state index contributed by atoms with van der Waals surface area (Å²) in [5.74, 6) is 0. The first kappa shape index (κ1) is 21.6. The molecule has 0 aromatic heterocycles. The first-order valence-corrected chi connectivity index (χ1v) is 9.44. The highest BCUT2D eigenvalue weighted by Gasteiger charge is 2.31. The van der Waals surface area contributed by atoms with E-state index in [2.05, 4.69) is 55.4 Å². The first-order chi connectivity index (χ1) is 9.29. The Kier molecular flexibility index (Phi) is 8.67. The Hall–Kier alpha value is 0.580. The number of rotatable bonds is 9. The lowest BCUT2D eigenvalue weighted by molar-refractivity contribution is 0.160. The minimum absolute atomic E-state index is 0.195. The molecule has 0 aliphatic carbocycles. The molecule has 0 heterocycles. The zero-order valence-corrected chi connectivity index (χ0v) is 17.2. The van der Waals surface area contributed by atoms with Crippen molar-refractivity contribution in [1.29, 1.82) is 0 Å². The Morgan fingerprint density at radius 3 is 1.57 bits per heavy atom. The summed E-state index contributed by atoms with van der Waals surface area (Å²) in [6.45, 7) is 18.4. The molecule has 0 amide bonds. The van der Waals surface area contributed by atoms with E-state index in [1.54, 1.807) is 0 Å². The SMILES string of the molecule is CCC(Cl)CCC(C)(C)CC(C)(C)CCC(Cl)C(C)(C)C. The summed E-state index contributed by atoms with van der Waals surface area (Å²) < 4.78 is 0. The van der Waals surface area contributed by atoms with Crippen LogP contribution in [0.1, 0.15) is 93.9 Å². The maximum absolute atomic E-state index is 6.54. The van der Waals surface area contributed by atoms with Gasteiger partial charge in [-0.05, 0) is 54.8 Å². The third-order valence-corrected chi connectivity index (χ3v) is 5.95. The van der Waals surface area contributed by atoms with Crippen molar-refractivity contribution in [3.05, 3.63) is 0 Å². The predicted octanol–water partition coefficient (Wildman–Crippen LogP) is 7.66. The standard InChI is InChI=1S/C19H38Cl2/c1-9-15(20)10-12-18(5,6)14-19(7,8)13-11-16(21)17(2,3)4/h15-16H,9-14H2,1-8H3. The second kappa shape index (κ2) is 8.44. The highest BCUT2D eigenvalue weighted by Crippen LogP contribution is 2.42. The van der Waals surface area contributed by atoms with Crippen molar-refractivity contribution in [2.24, 2.45) is 16.2 Å². The van der Waals surface area contributed by atoms with Gasteiger partial charge in [-0.3, -0.25) is 0 Å². The lowest BCUT2D eigenvalue weighted by Gasteiger charge is -2.37. The summed E-state index contributed by atoms with van der Waals surface area (Å²) in [5, 5.41) is 0.590. The van der Waals surface area contributed by atoms with Gasteiger partial charge in [-0.1, -0.05) is 55.4 Å². The van der Waals surface area contributed by atoms with Gasteiger partial charge < -0.3 is 0 Å². The summed E-state index contributed by atoms with van der Waals surface area (Å²) in [6, 6.07) is 0. The molecule has 0 aliphatic rings. The Labute approximate surface area is 144 Å². The van der Waals surface area contributed by atoms with Crippen molar-refractivity contribution in [3.8, 4) is 0 Å². The van der Waals surface area contributed by atoms with E-state index in [1.807, 2.05) is 0 Å². The van der Waals surface area contributed by atoms with Crippen LogP contribution in [0, 0.1) is 16.2 Å². The molecule has 0 fully saturated rings. The zero-order valence-electron chi connectivity index (χ0n) is 15.7. The Balaban J connectivity index is 4.37. The minimum atomic E-state index is 0.195. The van der Waals surface area contributed by atoms with E-state index < -0.39 is 0 Å². The lowest BCUT2D eigenvalue weighted by Crippen LogP contribution is -2.27. The molecule has 0 spiro atoms. The monoisotopic (exact) mass is 336 g/mol. The largest absolute Gasteiger partial charge is 0.123 e. The normalized spacial score (nSPS) is 16.9. The highest BCUT2D eigenvalue weighted by atomic mass is 35.5. The summed E-state index contributed by atoms with van der Waals surface area (Å²) in [6.07, 6.45) is 6.94. The van der Waals surface area contributed by atoms with Crippen molar-refractivity contribution in [1.82, 2.24) is 0 Å². The van der Waals surface area contributed by atoms with Gasteiger partial charge in [-0.15, -0.1) is 23.2 Å². The number of alkyl halides is 2. The van der Waals surface area contributed by atoms with Crippen molar-refractivity contribution >= 4 is 23.2 Å². The Morgan fingerprint density at radius 2 is 1.19 bits per heavy atom. The molecule has 0 saturated carbocycles. The molecule has 0 rings (SSSR count). The van der Waals surface area contributed by atoms with E-state index in [9.17, 15) is 0 Å². The fourth-order valence-electron chi connectivity index (χ4n) is 3.17. The fourth-order valence-corrected chi connectivity index (χ4v) is 3.39. The molecule has 0 N–H and O–H groups in total. The molecule has 0 nitrogen and oxygen atoms in total. The fraction of sp³-hybridized carbons (Fsp3) is 1.00. The van der Waals surface area contributed by atoms with Crippen LogP contribution in [0.4, 0.5) is 0 Å². The summed E-state index contributed by atoms with van der Waals surface area (Å²) in [4.78, 5) is 0. The molecule has 2 atom stereocenters. The maximum atomic E-state index is 6.54. The summed E-state index contributed by atoms with van der Waals surface area (Å²) in [7, 11) is 0. The molecular formula is C19H38Cl2.